The monoisotopic (exact) mass is 1220 g/mol. The van der Waals surface area contributed by atoms with E-state index in [-0.39, 0.29) is 63.0 Å². The minimum absolute atomic E-state index is 0.00317. The van der Waals surface area contributed by atoms with Gasteiger partial charge in [-0.25, -0.2) is 23.8 Å². The molecule has 1 aliphatic carbocycles. The number of aliphatic hydroxyl groups excluding tert-OH is 3. The molecule has 7 amide bonds. The van der Waals surface area contributed by atoms with Gasteiger partial charge in [0.25, 0.3) is 5.56 Å². The Morgan fingerprint density at radius 1 is 0.841 bits per heavy atom. The van der Waals surface area contributed by atoms with Crippen LogP contribution in [0, 0.1) is 12.7 Å². The Kier molecular flexibility index (Phi) is 19.3. The maximum absolute atomic E-state index is 15.4. The summed E-state index contributed by atoms with van der Waals surface area (Å²) in [4.78, 5) is 134. The van der Waals surface area contributed by atoms with Crippen molar-refractivity contribution in [3.05, 3.63) is 127 Å². The lowest BCUT2D eigenvalue weighted by molar-refractivity contribution is -0.233. The highest BCUT2D eigenvalue weighted by atomic mass is 19.1. The quantitative estimate of drug-likeness (QED) is 0.0361. The third kappa shape index (κ3) is 13.6. The zero-order valence-corrected chi connectivity index (χ0v) is 47.6. The second-order valence-electron chi connectivity index (χ2n) is 21.7. The minimum Gasteiger partial charge on any atom is -0.479 e. The number of alkyl carbamates (subject to hydrolysis) is 1. The summed E-state index contributed by atoms with van der Waals surface area (Å²) in [6.45, 7) is 1.07. The van der Waals surface area contributed by atoms with E-state index in [0.717, 1.165) is 5.56 Å². The first-order chi connectivity index (χ1) is 41.9. The number of aliphatic carboxylic acids is 1. The van der Waals surface area contributed by atoms with E-state index >= 15 is 4.39 Å². The second kappa shape index (κ2) is 26.8. The number of carbonyl (C=O) groups excluding carboxylic acids is 8. The first kappa shape index (κ1) is 63.2. The number of aliphatic hydroxyl groups is 4. The van der Waals surface area contributed by atoms with E-state index < -0.39 is 139 Å². The number of rotatable bonds is 22. The Bertz CT molecular complexity index is 3660. The largest absolute Gasteiger partial charge is 0.479 e. The van der Waals surface area contributed by atoms with Gasteiger partial charge in [0.05, 0.1) is 60.7 Å². The molecule has 0 radical (unpaired) electrons. The normalized spacial score (nSPS) is 21.2. The van der Waals surface area contributed by atoms with Crippen molar-refractivity contribution in [1.29, 1.82) is 0 Å². The molecule has 88 heavy (non-hydrogen) atoms. The summed E-state index contributed by atoms with van der Waals surface area (Å²) in [7, 11) is 0. The van der Waals surface area contributed by atoms with Crippen LogP contribution in [0.2, 0.25) is 0 Å². The third-order valence-corrected chi connectivity index (χ3v) is 15.9. The molecule has 1 saturated heterocycles. The highest BCUT2D eigenvalue weighted by Crippen LogP contribution is 2.46. The van der Waals surface area contributed by atoms with E-state index in [2.05, 4.69) is 37.2 Å². The average molecular weight is 1220 g/mol. The molecule has 5 heterocycles. The molecule has 5 aromatic rings. The SMILES string of the molecule is CC[C@@]1(O)C(=O)OCc2c1cc1n(c2=O)Cc2c-1nc1cc(F)c(C)c3c1c2[C@@H](NC(=O)OCc1ccc(NC(=O)CNC(=O)[C@H](Cc2ccccc2)NC(=O)CNC(=O)CNC(=O)[C@@H](N)CCCC(=O)N[C@H]2O[C@H](C(=O)O)[C@@H](O)[C@H](O)[C@H]2O)cc1)CC3. The number of hydrogen-bond acceptors (Lipinski definition) is 19. The number of carboxylic acids is 1. The molecular formula is C59H65FN10O18. The Morgan fingerprint density at radius 3 is 2.26 bits per heavy atom. The summed E-state index contributed by atoms with van der Waals surface area (Å²) >= 11 is 0. The van der Waals surface area contributed by atoms with Crippen LogP contribution in [0.1, 0.15) is 89.6 Å². The highest BCUT2D eigenvalue weighted by molar-refractivity contribution is 5.97. The lowest BCUT2D eigenvalue weighted by atomic mass is 9.81. The maximum Gasteiger partial charge on any atom is 0.407 e. The van der Waals surface area contributed by atoms with Crippen LogP contribution in [-0.4, -0.2) is 151 Å². The summed E-state index contributed by atoms with van der Waals surface area (Å²) in [5.41, 5.74) is 8.55. The molecule has 466 valence electrons. The molecule has 0 bridgehead atoms. The molecule has 14 N–H and O–H groups in total. The number of benzene rings is 3. The molecule has 0 spiro atoms. The fourth-order valence-corrected chi connectivity index (χ4v) is 11.1. The minimum atomic E-state index is -2.06. The Labute approximate surface area is 499 Å². The van der Waals surface area contributed by atoms with Gasteiger partial charge in [-0.2, -0.15) is 0 Å². The third-order valence-electron chi connectivity index (χ3n) is 15.9. The number of aromatic nitrogens is 2. The number of aryl methyl sites for hydroxylation is 1. The van der Waals surface area contributed by atoms with Gasteiger partial charge in [-0.1, -0.05) is 49.4 Å². The summed E-state index contributed by atoms with van der Waals surface area (Å²) in [6.07, 6.45) is -9.69. The first-order valence-electron chi connectivity index (χ1n) is 28.2. The smallest absolute Gasteiger partial charge is 0.407 e. The van der Waals surface area contributed by atoms with Crippen molar-refractivity contribution in [3.63, 3.8) is 0 Å². The van der Waals surface area contributed by atoms with Crippen LogP contribution in [-0.2, 0) is 90.8 Å². The lowest BCUT2D eigenvalue weighted by Crippen LogP contribution is -2.64. The van der Waals surface area contributed by atoms with Gasteiger partial charge in [-0.05, 0) is 85.0 Å². The molecule has 9 atom stereocenters. The Morgan fingerprint density at radius 2 is 1.55 bits per heavy atom. The van der Waals surface area contributed by atoms with E-state index in [1.807, 2.05) is 0 Å². The number of carboxylic acid groups (broad SMARTS) is 1. The van der Waals surface area contributed by atoms with Crippen LogP contribution < -0.4 is 48.5 Å². The standard InChI is InChI=1S/C59H65FN10O18/c1-3-59(85)34-19-40-47-32(24-70(40)55(80)33(34)26-86-57(59)83)46-37(17-16-31-27(2)35(60)20-38(67-47)45(31)46)68-58(84)87-25-29-12-14-30(15-13-29)65-43(73)23-64-53(79)39(18-28-8-5-4-6-9-28)66-44(74)22-62-42(72)21-63-52(78)36(61)10-7-11-41(71)69-54-50(77)48(75)49(76)51(88-54)56(81)82/h4-6,8-9,12-15,19-20,36-37,39,48-51,54,75-77,85H,3,7,10-11,16-18,21-26,61H2,1-2H3,(H,62,72)(H,63,78)(H,64,79)(H,65,73)(H,66,74)(H,68,84)(H,69,71)(H,81,82)/t36-,37-,39-,48-,49-,50+,51-,54-,59-/m0/s1. The molecule has 28 nitrogen and oxygen atoms in total. The fourth-order valence-electron chi connectivity index (χ4n) is 11.1. The molecule has 1 fully saturated rings. The molecule has 3 aliphatic heterocycles. The Balaban J connectivity index is 0.728. The summed E-state index contributed by atoms with van der Waals surface area (Å²) in [5, 5.41) is 68.6. The van der Waals surface area contributed by atoms with E-state index in [1.165, 1.54) is 10.6 Å². The van der Waals surface area contributed by atoms with Gasteiger partial charge in [0.15, 0.2) is 17.9 Å². The number of halogens is 1. The number of pyridine rings is 2. The summed E-state index contributed by atoms with van der Waals surface area (Å²) < 4.78 is 32.8. The molecule has 4 aliphatic rings. The zero-order chi connectivity index (χ0) is 63.3. The lowest BCUT2D eigenvalue weighted by Gasteiger charge is -2.38. The molecule has 3 aromatic carbocycles. The van der Waals surface area contributed by atoms with Gasteiger partial charge >= 0.3 is 18.0 Å². The molecular weight excluding hydrogens is 1160 g/mol. The highest BCUT2D eigenvalue weighted by Gasteiger charge is 2.48. The number of esters is 1. The number of nitrogens with two attached hydrogens (primary N) is 1. The maximum atomic E-state index is 15.4. The van der Waals surface area contributed by atoms with E-state index in [9.17, 15) is 73.5 Å². The Hall–Kier alpha value is -9.26. The molecule has 9 rings (SSSR count). The van der Waals surface area contributed by atoms with Crippen molar-refractivity contribution in [1.82, 2.24) is 41.5 Å². The van der Waals surface area contributed by atoms with Crippen molar-refractivity contribution >= 4 is 70.1 Å². The number of hydrogen-bond donors (Lipinski definition) is 13. The van der Waals surface area contributed by atoms with E-state index in [4.69, 9.17) is 24.9 Å². The second-order valence-corrected chi connectivity index (χ2v) is 21.7. The average Bonchev–Trinajstić information content (AvgIpc) is 1.49. The van der Waals surface area contributed by atoms with Gasteiger partial charge < -0.3 is 87.3 Å². The topological polar surface area (TPSA) is 428 Å². The fraction of sp³-hybridized carbons (Fsp3) is 0.407. The van der Waals surface area contributed by atoms with Crippen LogP contribution in [0.3, 0.4) is 0 Å². The van der Waals surface area contributed by atoms with Crippen LogP contribution in [0.5, 0.6) is 0 Å². The van der Waals surface area contributed by atoms with Gasteiger partial charge in [0.1, 0.15) is 43.4 Å². The van der Waals surface area contributed by atoms with Gasteiger partial charge in [0, 0.05) is 41.1 Å². The number of carbonyl (C=O) groups is 9. The number of ether oxygens (including phenoxy) is 3. The van der Waals surface area contributed by atoms with Crippen LogP contribution in [0.25, 0.3) is 22.3 Å². The van der Waals surface area contributed by atoms with Gasteiger partial charge in [-0.3, -0.25) is 33.6 Å². The number of fused-ring (bicyclic) bond motifs is 5. The number of cyclic esters (lactones) is 1. The van der Waals surface area contributed by atoms with Crippen LogP contribution in [0.15, 0.2) is 71.5 Å². The molecule has 0 unspecified atom stereocenters. The predicted molar refractivity (Wildman–Crippen MR) is 304 cm³/mol. The van der Waals surface area contributed by atoms with Crippen LogP contribution in [0.4, 0.5) is 14.9 Å². The predicted octanol–water partition coefficient (Wildman–Crippen LogP) is -1.04. The van der Waals surface area contributed by atoms with Crippen molar-refractivity contribution in [2.75, 3.05) is 25.0 Å². The molecule has 2 aromatic heterocycles. The molecule has 0 saturated carbocycles. The number of nitrogens with one attached hydrogen (secondary N) is 7. The number of amides is 7. The number of anilines is 1. The first-order valence-corrected chi connectivity index (χ1v) is 28.2. The zero-order valence-electron chi connectivity index (χ0n) is 47.6. The van der Waals surface area contributed by atoms with Gasteiger partial charge in [0.2, 0.25) is 35.4 Å². The van der Waals surface area contributed by atoms with Crippen molar-refractivity contribution in [2.45, 2.75) is 133 Å². The van der Waals surface area contributed by atoms with E-state index in [0.29, 0.717) is 68.6 Å². The number of nitrogens with zero attached hydrogens (tertiary/aromatic N) is 2. The molecule has 29 heteroatoms. The summed E-state index contributed by atoms with van der Waals surface area (Å²) in [6, 6.07) is 14.8. The van der Waals surface area contributed by atoms with E-state index in [1.54, 1.807) is 74.5 Å². The van der Waals surface area contributed by atoms with Crippen molar-refractivity contribution < 1.29 is 87.3 Å². The van der Waals surface area contributed by atoms with Crippen LogP contribution >= 0.6 is 0 Å². The van der Waals surface area contributed by atoms with Crippen molar-refractivity contribution in [3.8, 4) is 11.4 Å². The van der Waals surface area contributed by atoms with Crippen molar-refractivity contribution in [2.24, 2.45) is 5.73 Å². The van der Waals surface area contributed by atoms with Gasteiger partial charge in [-0.15, -0.1) is 0 Å². The summed E-state index contributed by atoms with van der Waals surface area (Å²) in [5.74, 6) is -7.44.